The summed E-state index contributed by atoms with van der Waals surface area (Å²) in [5, 5.41) is 2.93. The van der Waals surface area contributed by atoms with Gasteiger partial charge in [-0.25, -0.2) is 9.37 Å². The van der Waals surface area contributed by atoms with Crippen molar-refractivity contribution < 1.29 is 18.4 Å². The molecule has 0 unspecified atom stereocenters. The molecule has 1 aromatic carbocycles. The van der Waals surface area contributed by atoms with Crippen molar-refractivity contribution in [3.05, 3.63) is 78.3 Å². The van der Waals surface area contributed by atoms with Crippen molar-refractivity contribution in [2.24, 2.45) is 0 Å². The van der Waals surface area contributed by atoms with E-state index in [-0.39, 0.29) is 17.6 Å². The van der Waals surface area contributed by atoms with E-state index in [0.29, 0.717) is 30.9 Å². The molecule has 178 valence electrons. The molecule has 4 aromatic rings. The molecule has 2 amide bonds. The maximum Gasteiger partial charge on any atom is 0.350 e. The molecule has 1 saturated heterocycles. The van der Waals surface area contributed by atoms with Crippen LogP contribution in [0, 0.1) is 12.7 Å². The van der Waals surface area contributed by atoms with Crippen molar-refractivity contribution in [1.82, 2.24) is 20.2 Å². The molecule has 0 spiro atoms. The maximum absolute atomic E-state index is 13.8. The molecule has 4 heterocycles. The number of carbonyl (C=O) groups is 2. The lowest BCUT2D eigenvalue weighted by atomic mass is 9.99. The molecule has 1 fully saturated rings. The number of nitrogens with one attached hydrogen (secondary N) is 2. The molecule has 0 aliphatic carbocycles. The number of aromatic amines is 1. The van der Waals surface area contributed by atoms with E-state index in [4.69, 9.17) is 0 Å². The summed E-state index contributed by atoms with van der Waals surface area (Å²) in [6.45, 7) is 3.72. The van der Waals surface area contributed by atoms with Crippen LogP contribution in [0.2, 0.25) is 0 Å². The van der Waals surface area contributed by atoms with Crippen molar-refractivity contribution in [2.75, 3.05) is 19.6 Å². The fraction of sp³-hybridized carbons (Fsp3) is 0.259. The van der Waals surface area contributed by atoms with E-state index < -0.39 is 0 Å². The zero-order valence-corrected chi connectivity index (χ0v) is 19.6. The van der Waals surface area contributed by atoms with Gasteiger partial charge >= 0.3 is 11.7 Å². The number of aromatic nitrogens is 3. The Bertz CT molecular complexity index is 1410. The van der Waals surface area contributed by atoms with Crippen LogP contribution in [0.15, 0.2) is 61.1 Å². The number of hydrogen-bond acceptors (Lipinski definition) is 3. The van der Waals surface area contributed by atoms with E-state index in [1.54, 1.807) is 35.9 Å². The van der Waals surface area contributed by atoms with E-state index in [0.717, 1.165) is 47.3 Å². The molecular formula is C27H27FN5O2+. The Labute approximate surface area is 202 Å². The van der Waals surface area contributed by atoms with Gasteiger partial charge in [-0.3, -0.25) is 14.6 Å². The van der Waals surface area contributed by atoms with E-state index in [2.05, 4.69) is 15.3 Å². The minimum absolute atomic E-state index is 0.199. The molecule has 0 bridgehead atoms. The van der Waals surface area contributed by atoms with Gasteiger partial charge in [0.15, 0.2) is 5.52 Å². The number of hydrogen-bond donors (Lipinski definition) is 2. The molecule has 2 N–H and O–H groups in total. The summed E-state index contributed by atoms with van der Waals surface area (Å²) in [6, 6.07) is 12.8. The highest BCUT2D eigenvalue weighted by atomic mass is 19.1. The molecule has 1 aliphatic heterocycles. The van der Waals surface area contributed by atoms with Gasteiger partial charge in [-0.05, 0) is 67.3 Å². The summed E-state index contributed by atoms with van der Waals surface area (Å²) in [6.07, 6.45) is 7.64. The van der Waals surface area contributed by atoms with Gasteiger partial charge in [0.2, 0.25) is 5.91 Å². The lowest BCUT2D eigenvalue weighted by Gasteiger charge is -2.14. The monoisotopic (exact) mass is 472 g/mol. The molecule has 35 heavy (non-hydrogen) atoms. The molecule has 7 nitrogen and oxygen atoms in total. The second-order valence-corrected chi connectivity index (χ2v) is 8.80. The number of halogens is 1. The first-order valence-corrected chi connectivity index (χ1v) is 11.8. The van der Waals surface area contributed by atoms with E-state index in [9.17, 15) is 14.0 Å². The Kier molecular flexibility index (Phi) is 6.27. The molecular weight excluding hydrogens is 445 g/mol. The van der Waals surface area contributed by atoms with Crippen LogP contribution in [0.25, 0.3) is 27.9 Å². The van der Waals surface area contributed by atoms with Crippen molar-refractivity contribution in [3.8, 4) is 22.4 Å². The average molecular weight is 473 g/mol. The van der Waals surface area contributed by atoms with Gasteiger partial charge in [0, 0.05) is 43.4 Å². The van der Waals surface area contributed by atoms with E-state index in [1.807, 2.05) is 35.4 Å². The predicted octanol–water partition coefficient (Wildman–Crippen LogP) is 3.67. The Balaban J connectivity index is 1.33. The number of carbonyl (C=O) groups excluding carboxylic acids is 2. The number of aryl methyl sites for hydroxylation is 1. The first-order chi connectivity index (χ1) is 17.0. The van der Waals surface area contributed by atoms with Gasteiger partial charge in [-0.15, -0.1) is 0 Å². The number of H-pyrrole nitrogens is 1. The topological polar surface area (TPSA) is 82.2 Å². The Hall–Kier alpha value is -4.07. The van der Waals surface area contributed by atoms with Gasteiger partial charge in [0.25, 0.3) is 0 Å². The van der Waals surface area contributed by atoms with Crippen LogP contribution in [0.4, 0.5) is 4.39 Å². The lowest BCUT2D eigenvalue weighted by Crippen LogP contribution is -2.36. The van der Waals surface area contributed by atoms with Crippen molar-refractivity contribution >= 4 is 17.3 Å². The number of fused-ring (bicyclic) bond motifs is 1. The first-order valence-electron chi connectivity index (χ1n) is 11.8. The summed E-state index contributed by atoms with van der Waals surface area (Å²) in [5.41, 5.74) is 4.88. The van der Waals surface area contributed by atoms with Crippen molar-refractivity contribution in [3.63, 3.8) is 0 Å². The Morgan fingerprint density at radius 3 is 2.91 bits per heavy atom. The molecule has 8 heteroatoms. The summed E-state index contributed by atoms with van der Waals surface area (Å²) in [4.78, 5) is 33.9. The van der Waals surface area contributed by atoms with Crippen LogP contribution < -0.4 is 9.72 Å². The average Bonchev–Trinajstić information content (AvgIpc) is 3.49. The first kappa shape index (κ1) is 22.7. The number of pyridine rings is 2. The highest BCUT2D eigenvalue weighted by Crippen LogP contribution is 2.31. The van der Waals surface area contributed by atoms with Crippen LogP contribution in [-0.4, -0.2) is 46.3 Å². The predicted molar refractivity (Wildman–Crippen MR) is 130 cm³/mol. The standard InChI is InChI=1S/C27H26FN5O2/c1-18-15-20(7-8-23(18)28)25-22(5-2-10-29-25)19-9-14-33-21(16-19)17-31-26(33)27(35)30-11-4-13-32-12-3-6-24(32)34/h2,5,7-10,14-17H,3-4,6,11-13H2,1H3,(H,30,35)/p+1. The van der Waals surface area contributed by atoms with Crippen LogP contribution in [-0.2, 0) is 4.79 Å². The summed E-state index contributed by atoms with van der Waals surface area (Å²) >= 11 is 0. The highest BCUT2D eigenvalue weighted by Gasteiger charge is 2.22. The number of nitrogens with zero attached hydrogens (tertiary/aromatic N) is 3. The van der Waals surface area contributed by atoms with Gasteiger partial charge < -0.3 is 10.2 Å². The summed E-state index contributed by atoms with van der Waals surface area (Å²) in [7, 11) is 0. The van der Waals surface area contributed by atoms with Crippen LogP contribution in [0.1, 0.15) is 35.4 Å². The fourth-order valence-electron chi connectivity index (χ4n) is 4.54. The molecule has 5 rings (SSSR count). The number of imidazole rings is 1. The van der Waals surface area contributed by atoms with Gasteiger partial charge in [-0.1, -0.05) is 6.07 Å². The van der Waals surface area contributed by atoms with Crippen LogP contribution >= 0.6 is 0 Å². The number of rotatable bonds is 7. The minimum atomic E-state index is -0.244. The summed E-state index contributed by atoms with van der Waals surface area (Å²) in [5.74, 6) is 0.190. The fourth-order valence-corrected chi connectivity index (χ4v) is 4.54. The number of amides is 2. The molecule has 1 aliphatic rings. The third-order valence-corrected chi connectivity index (χ3v) is 6.41. The lowest BCUT2D eigenvalue weighted by molar-refractivity contribution is -0.514. The van der Waals surface area contributed by atoms with Gasteiger partial charge in [0.1, 0.15) is 12.0 Å². The van der Waals surface area contributed by atoms with E-state index >= 15 is 0 Å². The Morgan fingerprint density at radius 2 is 2.11 bits per heavy atom. The summed E-state index contributed by atoms with van der Waals surface area (Å²) < 4.78 is 15.6. The Morgan fingerprint density at radius 1 is 1.23 bits per heavy atom. The zero-order chi connectivity index (χ0) is 24.4. The molecule has 0 atom stereocenters. The minimum Gasteiger partial charge on any atom is -0.345 e. The smallest absolute Gasteiger partial charge is 0.345 e. The van der Waals surface area contributed by atoms with Crippen molar-refractivity contribution in [2.45, 2.75) is 26.2 Å². The zero-order valence-electron chi connectivity index (χ0n) is 19.6. The van der Waals surface area contributed by atoms with E-state index in [1.165, 1.54) is 6.07 Å². The quantitative estimate of drug-likeness (QED) is 0.318. The highest BCUT2D eigenvalue weighted by molar-refractivity contribution is 5.89. The second kappa shape index (κ2) is 9.66. The largest absolute Gasteiger partial charge is 0.350 e. The SMILES string of the molecule is Cc1cc(-c2ncccc2-c2cc[n+]3c(C(=O)NCCCN4CCCC4=O)[nH]cc3c2)ccc1F. The van der Waals surface area contributed by atoms with Gasteiger partial charge in [-0.2, -0.15) is 4.40 Å². The normalized spacial score (nSPS) is 13.5. The number of benzene rings is 1. The maximum atomic E-state index is 13.8. The molecule has 0 radical (unpaired) electrons. The van der Waals surface area contributed by atoms with Gasteiger partial charge in [0.05, 0.1) is 11.9 Å². The molecule has 0 saturated carbocycles. The number of likely N-dealkylation sites (tertiary alicyclic amines) is 1. The third kappa shape index (κ3) is 4.64. The third-order valence-electron chi connectivity index (χ3n) is 6.41. The van der Waals surface area contributed by atoms with Crippen molar-refractivity contribution in [1.29, 1.82) is 0 Å². The van der Waals surface area contributed by atoms with Crippen LogP contribution in [0.5, 0.6) is 0 Å². The molecule has 3 aromatic heterocycles. The second-order valence-electron chi connectivity index (χ2n) is 8.80. The van der Waals surface area contributed by atoms with Crippen LogP contribution in [0.3, 0.4) is 0 Å².